The quantitative estimate of drug-likeness (QED) is 0.0585. The van der Waals surface area contributed by atoms with E-state index in [1.54, 1.807) is 0 Å². The summed E-state index contributed by atoms with van der Waals surface area (Å²) in [5.41, 5.74) is -0.491. The van der Waals surface area contributed by atoms with Crippen molar-refractivity contribution in [1.29, 1.82) is 0 Å². The summed E-state index contributed by atoms with van der Waals surface area (Å²) in [4.78, 5) is 23.8. The summed E-state index contributed by atoms with van der Waals surface area (Å²) in [6.07, 6.45) is -1.83. The number of tetrazole rings is 4. The minimum absolute atomic E-state index is 0. The van der Waals surface area contributed by atoms with Crippen LogP contribution in [0.3, 0.4) is 0 Å². The average molecular weight is 1040 g/mol. The van der Waals surface area contributed by atoms with Gasteiger partial charge < -0.3 is 62.9 Å². The van der Waals surface area contributed by atoms with Gasteiger partial charge in [-0.05, 0) is 26.1 Å². The molecule has 0 saturated carbocycles. The summed E-state index contributed by atoms with van der Waals surface area (Å²) in [5.74, 6) is 0.823. The molecule has 0 amide bonds. The zero-order valence-corrected chi connectivity index (χ0v) is 36.4. The smallest absolute Gasteiger partial charge is 0.270 e. The molecular formula is C18H77Cl3N23O20+5. The third-order valence-corrected chi connectivity index (χ3v) is 3.96. The van der Waals surface area contributed by atoms with Crippen molar-refractivity contribution >= 4 is 29.6 Å². The van der Waals surface area contributed by atoms with Crippen LogP contribution in [0.4, 0.5) is 16.7 Å². The number of carboxylic acid groups (broad SMARTS) is 2. The van der Waals surface area contributed by atoms with Gasteiger partial charge in [0, 0.05) is 0 Å². The van der Waals surface area contributed by atoms with E-state index in [1.165, 1.54) is 0 Å². The van der Waals surface area contributed by atoms with Crippen molar-refractivity contribution in [1.82, 2.24) is 117 Å². The predicted molar refractivity (Wildman–Crippen MR) is 208 cm³/mol. The van der Waals surface area contributed by atoms with Crippen LogP contribution >= 0.6 is 0 Å². The van der Waals surface area contributed by atoms with Crippen LogP contribution in [0, 0.1) is 30.7 Å². The van der Waals surface area contributed by atoms with Gasteiger partial charge in [0.15, 0.2) is 0 Å². The fourth-order valence-corrected chi connectivity index (χ4v) is 2.04. The number of halogens is 3. The molecule has 5 aromatic heterocycles. The Labute approximate surface area is 369 Å². The number of carbonyl (C=O) groups is 1. The van der Waals surface area contributed by atoms with Gasteiger partial charge in [-0.1, -0.05) is 105 Å². The van der Waals surface area contributed by atoms with Crippen LogP contribution in [0.15, 0.2) is 4.79 Å². The summed E-state index contributed by atoms with van der Waals surface area (Å²) in [6.45, 7) is 16.0. The third kappa shape index (κ3) is 49.5. The van der Waals surface area contributed by atoms with Crippen LogP contribution < -0.4 is 55.7 Å². The molecule has 64 heavy (non-hydrogen) atoms. The molecule has 37 N–H and O–H groups in total. The standard InChI is InChI=1S/C3HN9O.C2H3N9.4C2H6.CH2O3.4CH4.3ClHO4.5H3N.4H2O/c13-3-11-1(5-7-9-11)4-2-6-8-10-12(2)3;3(1-4-8-9-5-1)2-6-10-11-7-2;4*1-2;2-1(3)4;;;;;3*2-1(3)4-5-1;;;;;;;;;/h(H,4,5,6,9,10);(H3,3,4,5,6,7,8,9,10,11);4*1-2H3;(H2,2,3,4);4*1H4;3*2H;5*1H3;4*1H2/p+5. The van der Waals surface area contributed by atoms with E-state index in [4.69, 9.17) is 29.0 Å². The van der Waals surface area contributed by atoms with Crippen LogP contribution in [0.25, 0.3) is 11.6 Å². The molecule has 8 heterocycles. The van der Waals surface area contributed by atoms with Crippen LogP contribution in [-0.4, -0.2) is 139 Å². The first-order chi connectivity index (χ1) is 24.2. The Bertz CT molecular complexity index is 1510. The summed E-state index contributed by atoms with van der Waals surface area (Å²) < 4.78 is 73.9. The van der Waals surface area contributed by atoms with Gasteiger partial charge in [-0.3, -0.25) is 5.32 Å². The first-order valence-electron chi connectivity index (χ1n) is 13.0. The van der Waals surface area contributed by atoms with Crippen LogP contribution in [0.1, 0.15) is 85.1 Å². The molecule has 0 aliphatic carbocycles. The fraction of sp³-hybridized carbons (Fsp3) is 0.667. The van der Waals surface area contributed by atoms with Gasteiger partial charge in [0.25, 0.3) is 23.5 Å². The Morgan fingerprint density at radius 1 is 0.594 bits per heavy atom. The molecule has 3 aliphatic heterocycles. The number of aromatic amines is 3. The molecule has 0 spiro atoms. The summed E-state index contributed by atoms with van der Waals surface area (Å²) in [7, 11) is -8.83. The fourth-order valence-electron chi connectivity index (χ4n) is 1.55. The second kappa shape index (κ2) is 54.0. The normalized spacial score (nSPS) is 13.3. The second-order valence-corrected chi connectivity index (χ2v) is 8.80. The van der Waals surface area contributed by atoms with Gasteiger partial charge in [0.05, 0.1) is 0 Å². The van der Waals surface area contributed by atoms with E-state index in [0.717, 1.165) is 9.03 Å². The number of hydrogen-bond donors (Lipinski definition) is 14. The Hall–Kier alpha value is -5.15. The molecule has 43 nitrogen and oxygen atoms in total. The van der Waals surface area contributed by atoms with Crippen molar-refractivity contribution in [2.45, 2.75) is 85.1 Å². The number of anilines is 2. The summed E-state index contributed by atoms with van der Waals surface area (Å²) >= 11 is 0. The zero-order chi connectivity index (χ0) is 39.7. The number of aromatic nitrogens is 17. The molecule has 3 aliphatic rings. The Morgan fingerprint density at radius 3 is 1.14 bits per heavy atom. The summed E-state index contributed by atoms with van der Waals surface area (Å²) in [5, 5.41) is 61.7. The molecule has 0 bridgehead atoms. The zero-order valence-electron chi connectivity index (χ0n) is 34.1. The molecule has 3 fully saturated rings. The molecular weight excluding hydrogens is 965 g/mol. The molecule has 0 radical (unpaired) electrons. The van der Waals surface area contributed by atoms with Crippen molar-refractivity contribution in [3.05, 3.63) is 10.5 Å². The van der Waals surface area contributed by atoms with Crippen LogP contribution in [0.5, 0.6) is 0 Å². The predicted octanol–water partition coefficient (Wildman–Crippen LogP) is -4.49. The van der Waals surface area contributed by atoms with Crippen molar-refractivity contribution in [2.24, 2.45) is 0 Å². The molecule has 0 aromatic carbocycles. The number of H-pyrrole nitrogens is 3. The largest absolute Gasteiger partial charge is 0.287 e. The van der Waals surface area contributed by atoms with E-state index in [0.29, 0.717) is 11.9 Å². The minimum Gasteiger partial charge on any atom is -0.287 e. The maximum Gasteiger partial charge on any atom is 0.270 e. The monoisotopic (exact) mass is 1040 g/mol. The van der Waals surface area contributed by atoms with E-state index in [9.17, 15) is 18.8 Å². The number of hydrogen-bond acceptors (Lipinski definition) is 27. The number of fused-ring (bicyclic) bond motifs is 2. The molecule has 46 heteroatoms. The molecule has 5 aromatic rings. The first kappa shape index (κ1) is 102. The number of nitrogens with one attached hydrogen (secondary N) is 4. The Kier molecular flexibility index (Phi) is 86.4. The van der Waals surface area contributed by atoms with Gasteiger partial charge in [0.2, 0.25) is 0 Å². The van der Waals surface area contributed by atoms with E-state index in [-0.39, 0.29) is 93.9 Å². The SMILES string of the molecule is C.C.C.C.CC.CC.CC.CC.O.O.O.O.O=C(O)O.O=c1n2nnnc2nc2nn[nH]n12.[NH4+].[NH4+].[NH4+].[NH4+].[NH4+].[O-][Cl+]1(O)OO1.[O-][Cl+]1(O)OO1.[O-][Cl+]1(O)OO1.n1nc(Nc2nn[nH]n2)n[nH]1. The number of nitrogens with zero attached hydrogens (tertiary/aromatic N) is 14. The van der Waals surface area contributed by atoms with E-state index in [2.05, 4.69) is 109 Å². The van der Waals surface area contributed by atoms with E-state index in [1.807, 2.05) is 55.4 Å². The molecule has 8 rings (SSSR count). The van der Waals surface area contributed by atoms with Crippen molar-refractivity contribution in [3.63, 3.8) is 0 Å². The number of quaternary nitrogens is 5. The van der Waals surface area contributed by atoms with Gasteiger partial charge in [-0.25, -0.2) is 9.59 Å². The summed E-state index contributed by atoms with van der Waals surface area (Å²) in [6, 6.07) is 0. The van der Waals surface area contributed by atoms with Crippen molar-refractivity contribution in [3.8, 4) is 0 Å². The average Bonchev–Trinajstić information content (AvgIpc) is 3.82. The van der Waals surface area contributed by atoms with E-state index < -0.39 is 42.6 Å². The maximum atomic E-state index is 11.4. The first-order valence-corrected chi connectivity index (χ1v) is 16.8. The Balaban J connectivity index is -0.0000000335. The van der Waals surface area contributed by atoms with Gasteiger partial charge in [-0.15, -0.1) is 19.2 Å². The van der Waals surface area contributed by atoms with E-state index >= 15 is 0 Å². The van der Waals surface area contributed by atoms with Crippen LogP contribution in [0.2, 0.25) is 0 Å². The molecule has 0 atom stereocenters. The van der Waals surface area contributed by atoms with Crippen molar-refractivity contribution < 1.29 is 122 Å². The minimum atomic E-state index is -2.94. The Morgan fingerprint density at radius 2 is 0.891 bits per heavy atom. The third-order valence-electron chi connectivity index (χ3n) is 2.94. The molecule has 3 saturated heterocycles. The van der Waals surface area contributed by atoms with Crippen LogP contribution in [-0.2, 0) is 26.6 Å². The van der Waals surface area contributed by atoms with Gasteiger partial charge in [0.1, 0.15) is 0 Å². The molecule has 0 unspecified atom stereocenters. The van der Waals surface area contributed by atoms with Gasteiger partial charge in [-0.2, -0.15) is 20.6 Å². The van der Waals surface area contributed by atoms with Gasteiger partial charge >= 0.3 is 97.2 Å². The second-order valence-electron chi connectivity index (χ2n) is 5.66. The van der Waals surface area contributed by atoms with Crippen molar-refractivity contribution in [2.75, 3.05) is 5.32 Å². The maximum absolute atomic E-state index is 11.4. The topological polar surface area (TPSA) is 811 Å². The molecule has 400 valence electrons. The number of rotatable bonds is 2.